The number of anilines is 3. The van der Waals surface area contributed by atoms with E-state index in [4.69, 9.17) is 0 Å². The molecule has 5 nitrogen and oxygen atoms in total. The third-order valence-corrected chi connectivity index (χ3v) is 6.18. The van der Waals surface area contributed by atoms with Crippen LogP contribution in [0.5, 0.6) is 0 Å². The van der Waals surface area contributed by atoms with Crippen molar-refractivity contribution >= 4 is 33.9 Å². The van der Waals surface area contributed by atoms with Gasteiger partial charge >= 0.3 is 5.97 Å². The Morgan fingerprint density at radius 2 is 1.81 bits per heavy atom. The minimum Gasteiger partial charge on any atom is -0.478 e. The number of benzene rings is 3. The van der Waals surface area contributed by atoms with E-state index in [1.54, 1.807) is 0 Å². The summed E-state index contributed by atoms with van der Waals surface area (Å²) in [5.74, 6) is -0.375. The number of carboxylic acid groups (broad SMARTS) is 1. The fourth-order valence-corrected chi connectivity index (χ4v) is 4.19. The molecule has 1 aliphatic rings. The van der Waals surface area contributed by atoms with Crippen LogP contribution in [-0.4, -0.2) is 29.7 Å². The van der Waals surface area contributed by atoms with Crippen molar-refractivity contribution in [1.82, 2.24) is 4.57 Å². The van der Waals surface area contributed by atoms with Gasteiger partial charge in [0.25, 0.3) is 0 Å². The predicted molar refractivity (Wildman–Crippen MR) is 130 cm³/mol. The largest absolute Gasteiger partial charge is 0.478 e. The summed E-state index contributed by atoms with van der Waals surface area (Å²) < 4.78 is 2.23. The molecule has 1 heterocycles. The van der Waals surface area contributed by atoms with Crippen LogP contribution in [0.1, 0.15) is 40.2 Å². The van der Waals surface area contributed by atoms with Gasteiger partial charge in [-0.05, 0) is 78.4 Å². The molecule has 0 atom stereocenters. The number of aromatic nitrogens is 1. The van der Waals surface area contributed by atoms with Crippen LogP contribution in [0.3, 0.4) is 0 Å². The first-order valence-corrected chi connectivity index (χ1v) is 11.0. The Hall–Kier alpha value is -3.73. The van der Waals surface area contributed by atoms with Crippen LogP contribution in [0.2, 0.25) is 0 Å². The van der Waals surface area contributed by atoms with E-state index in [-0.39, 0.29) is 0 Å². The summed E-state index contributed by atoms with van der Waals surface area (Å²) in [4.78, 5) is 13.9. The van der Waals surface area contributed by atoms with Crippen molar-refractivity contribution in [1.29, 1.82) is 0 Å². The second kappa shape index (κ2) is 8.08. The van der Waals surface area contributed by atoms with E-state index in [2.05, 4.69) is 63.4 Å². The maximum absolute atomic E-state index is 11.8. The molecule has 0 aliphatic heterocycles. The zero-order valence-electron chi connectivity index (χ0n) is 18.4. The summed E-state index contributed by atoms with van der Waals surface area (Å²) >= 11 is 0. The van der Waals surface area contributed by atoms with Crippen LogP contribution in [0.4, 0.5) is 17.1 Å². The summed E-state index contributed by atoms with van der Waals surface area (Å²) in [7, 11) is 4.09. The van der Waals surface area contributed by atoms with E-state index < -0.39 is 5.97 Å². The normalized spacial score (nSPS) is 13.3. The lowest BCUT2D eigenvalue weighted by atomic mass is 10.0. The number of nitrogens with zero attached hydrogens (tertiary/aromatic N) is 2. The standard InChI is InChI=1S/C27H27N3O2/c1-29(2)23-9-3-18(4-10-23)17-30-14-13-21-15-22(8-12-26(21)30)28-25-11-7-20(19-5-6-19)16-24(25)27(31)32/h3-4,7-16,19,28H,5-6,17H2,1-2H3,(H,31,32). The van der Waals surface area contributed by atoms with Gasteiger partial charge in [-0.1, -0.05) is 18.2 Å². The molecule has 32 heavy (non-hydrogen) atoms. The van der Waals surface area contributed by atoms with Crippen molar-refractivity contribution in [3.63, 3.8) is 0 Å². The Balaban J connectivity index is 1.37. The molecule has 5 heteroatoms. The van der Waals surface area contributed by atoms with E-state index in [0.717, 1.165) is 41.5 Å². The third-order valence-electron chi connectivity index (χ3n) is 6.18. The highest BCUT2D eigenvalue weighted by Crippen LogP contribution is 2.41. The lowest BCUT2D eigenvalue weighted by Gasteiger charge is -2.13. The summed E-state index contributed by atoms with van der Waals surface area (Å²) in [5.41, 5.74) is 6.54. The second-order valence-corrected chi connectivity index (χ2v) is 8.79. The van der Waals surface area contributed by atoms with Crippen LogP contribution < -0.4 is 10.2 Å². The van der Waals surface area contributed by atoms with Crippen molar-refractivity contribution in [2.45, 2.75) is 25.3 Å². The van der Waals surface area contributed by atoms with Gasteiger partial charge in [0.1, 0.15) is 0 Å². The molecule has 4 aromatic rings. The average molecular weight is 426 g/mol. The molecule has 2 N–H and O–H groups in total. The molecule has 1 saturated carbocycles. The van der Waals surface area contributed by atoms with Crippen molar-refractivity contribution < 1.29 is 9.90 Å². The molecule has 3 aromatic carbocycles. The smallest absolute Gasteiger partial charge is 0.337 e. The molecular weight excluding hydrogens is 398 g/mol. The van der Waals surface area contributed by atoms with Crippen molar-refractivity contribution in [2.24, 2.45) is 0 Å². The number of carboxylic acids is 1. The fourth-order valence-electron chi connectivity index (χ4n) is 4.19. The molecule has 1 fully saturated rings. The summed E-state index contributed by atoms with van der Waals surface area (Å²) in [6, 6.07) is 22.6. The maximum Gasteiger partial charge on any atom is 0.337 e. The Bertz CT molecular complexity index is 1280. The number of carbonyl (C=O) groups is 1. The fraction of sp³-hybridized carbons (Fsp3) is 0.222. The first-order chi connectivity index (χ1) is 15.5. The molecule has 162 valence electrons. The lowest BCUT2D eigenvalue weighted by Crippen LogP contribution is -2.08. The lowest BCUT2D eigenvalue weighted by molar-refractivity contribution is 0.0698. The van der Waals surface area contributed by atoms with Gasteiger partial charge in [0.2, 0.25) is 0 Å². The highest BCUT2D eigenvalue weighted by molar-refractivity contribution is 5.96. The molecule has 0 bridgehead atoms. The Morgan fingerprint density at radius 1 is 1.03 bits per heavy atom. The SMILES string of the molecule is CN(C)c1ccc(Cn2ccc3cc(Nc4ccc(C5CC5)cc4C(=O)O)ccc32)cc1. The van der Waals surface area contributed by atoms with Crippen molar-refractivity contribution in [3.8, 4) is 0 Å². The topological polar surface area (TPSA) is 57.5 Å². The molecule has 0 amide bonds. The third kappa shape index (κ3) is 4.06. The van der Waals surface area contributed by atoms with E-state index in [1.807, 2.05) is 38.4 Å². The highest BCUT2D eigenvalue weighted by Gasteiger charge is 2.25. The molecular formula is C27H27N3O2. The number of fused-ring (bicyclic) bond motifs is 1. The van der Waals surface area contributed by atoms with Gasteiger partial charge in [0.15, 0.2) is 0 Å². The number of hydrogen-bond donors (Lipinski definition) is 2. The molecule has 0 radical (unpaired) electrons. The van der Waals surface area contributed by atoms with E-state index in [0.29, 0.717) is 17.2 Å². The first kappa shape index (κ1) is 20.2. The van der Waals surface area contributed by atoms with Gasteiger partial charge in [-0.3, -0.25) is 0 Å². The van der Waals surface area contributed by atoms with Crippen LogP contribution in [0, 0.1) is 0 Å². The molecule has 0 unspecified atom stereocenters. The number of nitrogens with one attached hydrogen (secondary N) is 1. The van der Waals surface area contributed by atoms with Gasteiger partial charge in [0, 0.05) is 49.1 Å². The van der Waals surface area contributed by atoms with E-state index in [9.17, 15) is 9.90 Å². The van der Waals surface area contributed by atoms with Gasteiger partial charge in [-0.25, -0.2) is 4.79 Å². The van der Waals surface area contributed by atoms with Gasteiger partial charge < -0.3 is 19.9 Å². The Kier molecular flexibility index (Phi) is 5.10. The van der Waals surface area contributed by atoms with E-state index in [1.165, 1.54) is 11.3 Å². The van der Waals surface area contributed by atoms with Crippen molar-refractivity contribution in [3.05, 3.63) is 89.6 Å². The quantitative estimate of drug-likeness (QED) is 0.377. The first-order valence-electron chi connectivity index (χ1n) is 11.0. The Labute approximate surface area is 187 Å². The van der Waals surface area contributed by atoms with Gasteiger partial charge in [-0.15, -0.1) is 0 Å². The van der Waals surface area contributed by atoms with Gasteiger partial charge in [0.05, 0.1) is 11.3 Å². The van der Waals surface area contributed by atoms with Crippen LogP contribution >= 0.6 is 0 Å². The van der Waals surface area contributed by atoms with Crippen LogP contribution in [0.15, 0.2) is 72.9 Å². The van der Waals surface area contributed by atoms with Crippen LogP contribution in [-0.2, 0) is 6.54 Å². The summed E-state index contributed by atoms with van der Waals surface area (Å²) in [6.45, 7) is 0.801. The number of aromatic carboxylic acids is 1. The predicted octanol–water partition coefficient (Wildman–Crippen LogP) is 6.07. The van der Waals surface area contributed by atoms with Gasteiger partial charge in [-0.2, -0.15) is 0 Å². The zero-order valence-corrected chi connectivity index (χ0v) is 18.4. The minimum absolute atomic E-state index is 0.327. The molecule has 0 saturated heterocycles. The molecule has 1 aliphatic carbocycles. The number of hydrogen-bond acceptors (Lipinski definition) is 3. The Morgan fingerprint density at radius 3 is 2.50 bits per heavy atom. The maximum atomic E-state index is 11.8. The highest BCUT2D eigenvalue weighted by atomic mass is 16.4. The van der Waals surface area contributed by atoms with Crippen molar-refractivity contribution in [2.75, 3.05) is 24.3 Å². The van der Waals surface area contributed by atoms with E-state index >= 15 is 0 Å². The summed E-state index contributed by atoms with van der Waals surface area (Å²) in [6.07, 6.45) is 4.40. The molecule has 1 aromatic heterocycles. The molecule has 0 spiro atoms. The average Bonchev–Trinajstić information content (AvgIpc) is 3.56. The number of rotatable bonds is 7. The van der Waals surface area contributed by atoms with Crippen LogP contribution in [0.25, 0.3) is 10.9 Å². The monoisotopic (exact) mass is 425 g/mol. The zero-order chi connectivity index (χ0) is 22.2. The molecule has 5 rings (SSSR count). The second-order valence-electron chi connectivity index (χ2n) is 8.79. The summed E-state index contributed by atoms with van der Waals surface area (Å²) in [5, 5.41) is 14.1. The minimum atomic E-state index is -0.900.